The lowest BCUT2D eigenvalue weighted by molar-refractivity contribution is -0.139. The summed E-state index contributed by atoms with van der Waals surface area (Å²) >= 11 is 0. The average molecular weight is 186 g/mol. The van der Waals surface area contributed by atoms with Crippen LogP contribution >= 0.6 is 0 Å². The number of rotatable bonds is 2. The van der Waals surface area contributed by atoms with Gasteiger partial charge in [0.2, 0.25) is 5.91 Å². The Morgan fingerprint density at radius 1 is 1.54 bits per heavy atom. The summed E-state index contributed by atoms with van der Waals surface area (Å²) < 4.78 is 12.1. The number of carbonyl (C=O) groups is 1. The minimum absolute atomic E-state index is 0.0144. The quantitative estimate of drug-likeness (QED) is 0.666. The van der Waals surface area contributed by atoms with Crippen LogP contribution in [0.15, 0.2) is 0 Å². The zero-order chi connectivity index (χ0) is 9.26. The largest absolute Gasteiger partial charge is 0.340 e. The van der Waals surface area contributed by atoms with E-state index in [0.29, 0.717) is 13.1 Å². The van der Waals surface area contributed by atoms with Crippen molar-refractivity contribution in [1.82, 2.24) is 10.2 Å². The number of hydrogen-bond donors (Lipinski definition) is 1. The van der Waals surface area contributed by atoms with E-state index in [1.807, 2.05) is 0 Å². The van der Waals surface area contributed by atoms with E-state index in [4.69, 9.17) is 0 Å². The molecular formula is C9H15FN2O. The fourth-order valence-electron chi connectivity index (χ4n) is 1.96. The van der Waals surface area contributed by atoms with Crippen LogP contribution in [0.3, 0.4) is 0 Å². The van der Waals surface area contributed by atoms with Crippen LogP contribution in [0.5, 0.6) is 0 Å². The van der Waals surface area contributed by atoms with Gasteiger partial charge in [-0.1, -0.05) is 0 Å². The number of likely N-dealkylation sites (tertiary alicyclic amines) is 1. The van der Waals surface area contributed by atoms with Crippen LogP contribution in [-0.2, 0) is 4.79 Å². The van der Waals surface area contributed by atoms with Crippen molar-refractivity contribution in [1.29, 1.82) is 0 Å². The first-order valence-electron chi connectivity index (χ1n) is 4.89. The van der Waals surface area contributed by atoms with E-state index in [1.54, 1.807) is 4.90 Å². The van der Waals surface area contributed by atoms with E-state index in [2.05, 4.69) is 5.32 Å². The molecule has 2 aliphatic heterocycles. The molecule has 2 saturated heterocycles. The number of alkyl halides is 1. The first-order chi connectivity index (χ1) is 6.31. The van der Waals surface area contributed by atoms with Gasteiger partial charge in [0.15, 0.2) is 0 Å². The number of amides is 1. The smallest absolute Gasteiger partial charge is 0.239 e. The van der Waals surface area contributed by atoms with Gasteiger partial charge in [-0.25, -0.2) is 0 Å². The maximum atomic E-state index is 12.1. The van der Waals surface area contributed by atoms with Crippen LogP contribution in [0.4, 0.5) is 4.39 Å². The van der Waals surface area contributed by atoms with Crippen molar-refractivity contribution >= 4 is 5.91 Å². The molecule has 2 heterocycles. The van der Waals surface area contributed by atoms with Crippen molar-refractivity contribution < 1.29 is 9.18 Å². The molecule has 0 radical (unpaired) electrons. The molecule has 0 aromatic heterocycles. The fraction of sp³-hybridized carbons (Fsp3) is 0.889. The molecule has 0 aromatic rings. The monoisotopic (exact) mass is 186 g/mol. The SMILES string of the molecule is O=C(C1CCCN1)N1CC(CF)C1. The van der Waals surface area contributed by atoms with Crippen molar-refractivity contribution in [3.63, 3.8) is 0 Å². The molecule has 2 fully saturated rings. The standard InChI is InChI=1S/C9H15FN2O/c10-4-7-5-12(6-7)9(13)8-2-1-3-11-8/h7-8,11H,1-6H2. The van der Waals surface area contributed by atoms with Crippen LogP contribution in [0.25, 0.3) is 0 Å². The zero-order valence-electron chi connectivity index (χ0n) is 7.63. The molecule has 0 bridgehead atoms. The van der Waals surface area contributed by atoms with Gasteiger partial charge in [0, 0.05) is 19.0 Å². The van der Waals surface area contributed by atoms with Gasteiger partial charge in [0.1, 0.15) is 0 Å². The number of hydrogen-bond acceptors (Lipinski definition) is 2. The molecular weight excluding hydrogens is 171 g/mol. The number of nitrogens with one attached hydrogen (secondary N) is 1. The van der Waals surface area contributed by atoms with Gasteiger partial charge in [-0.15, -0.1) is 0 Å². The predicted octanol–water partition coefficient (Wildman–Crippen LogP) is 0.166. The lowest BCUT2D eigenvalue weighted by Gasteiger charge is -2.39. The van der Waals surface area contributed by atoms with Crippen LogP contribution < -0.4 is 5.32 Å². The molecule has 0 spiro atoms. The number of halogens is 1. The molecule has 1 N–H and O–H groups in total. The van der Waals surface area contributed by atoms with E-state index in [9.17, 15) is 9.18 Å². The van der Waals surface area contributed by atoms with Gasteiger partial charge in [-0.2, -0.15) is 0 Å². The summed E-state index contributed by atoms with van der Waals surface area (Å²) in [5, 5.41) is 3.15. The van der Waals surface area contributed by atoms with Gasteiger partial charge in [0.25, 0.3) is 0 Å². The molecule has 2 rings (SSSR count). The number of carbonyl (C=O) groups excluding carboxylic acids is 1. The normalized spacial score (nSPS) is 29.0. The first-order valence-corrected chi connectivity index (χ1v) is 4.89. The van der Waals surface area contributed by atoms with Crippen LogP contribution in [0.2, 0.25) is 0 Å². The van der Waals surface area contributed by atoms with Crippen LogP contribution in [-0.4, -0.2) is 43.2 Å². The molecule has 1 atom stereocenters. The predicted molar refractivity (Wildman–Crippen MR) is 47.1 cm³/mol. The van der Waals surface area contributed by atoms with Crippen molar-refractivity contribution in [2.24, 2.45) is 5.92 Å². The molecule has 4 heteroatoms. The third-order valence-electron chi connectivity index (χ3n) is 2.85. The van der Waals surface area contributed by atoms with Crippen molar-refractivity contribution in [2.45, 2.75) is 18.9 Å². The molecule has 0 aromatic carbocycles. The molecule has 1 amide bonds. The summed E-state index contributed by atoms with van der Waals surface area (Å²) in [5.74, 6) is 0.271. The highest BCUT2D eigenvalue weighted by Gasteiger charge is 2.35. The summed E-state index contributed by atoms with van der Waals surface area (Å²) in [7, 11) is 0. The van der Waals surface area contributed by atoms with Crippen molar-refractivity contribution in [2.75, 3.05) is 26.3 Å². The van der Waals surface area contributed by atoms with Crippen LogP contribution in [0.1, 0.15) is 12.8 Å². The Bertz CT molecular complexity index is 198. The maximum Gasteiger partial charge on any atom is 0.239 e. The van der Waals surface area contributed by atoms with Crippen molar-refractivity contribution in [3.05, 3.63) is 0 Å². The Labute approximate surface area is 77.3 Å². The highest BCUT2D eigenvalue weighted by molar-refractivity contribution is 5.82. The van der Waals surface area contributed by atoms with E-state index in [0.717, 1.165) is 19.4 Å². The molecule has 0 saturated carbocycles. The Hall–Kier alpha value is -0.640. The summed E-state index contributed by atoms with van der Waals surface area (Å²) in [5.41, 5.74) is 0. The van der Waals surface area contributed by atoms with E-state index < -0.39 is 0 Å². The Balaban J connectivity index is 1.78. The highest BCUT2D eigenvalue weighted by Crippen LogP contribution is 2.19. The van der Waals surface area contributed by atoms with Crippen LogP contribution in [0, 0.1) is 5.92 Å². The zero-order valence-corrected chi connectivity index (χ0v) is 7.63. The molecule has 13 heavy (non-hydrogen) atoms. The van der Waals surface area contributed by atoms with Gasteiger partial charge in [0.05, 0.1) is 12.7 Å². The Morgan fingerprint density at radius 2 is 2.31 bits per heavy atom. The van der Waals surface area contributed by atoms with Crippen molar-refractivity contribution in [3.8, 4) is 0 Å². The molecule has 74 valence electrons. The minimum atomic E-state index is -0.290. The summed E-state index contributed by atoms with van der Waals surface area (Å²) in [4.78, 5) is 13.4. The first kappa shape index (κ1) is 8.94. The van der Waals surface area contributed by atoms with E-state index in [-0.39, 0.29) is 24.5 Å². The Morgan fingerprint density at radius 3 is 2.85 bits per heavy atom. The fourth-order valence-corrected chi connectivity index (χ4v) is 1.96. The molecule has 1 unspecified atom stereocenters. The summed E-state index contributed by atoms with van der Waals surface area (Å²) in [6.45, 7) is 1.89. The third-order valence-corrected chi connectivity index (χ3v) is 2.85. The minimum Gasteiger partial charge on any atom is -0.340 e. The second-order valence-corrected chi connectivity index (χ2v) is 3.91. The summed E-state index contributed by atoms with van der Waals surface area (Å²) in [6.07, 6.45) is 2.02. The highest BCUT2D eigenvalue weighted by atomic mass is 19.1. The maximum absolute atomic E-state index is 12.1. The topological polar surface area (TPSA) is 32.3 Å². The van der Waals surface area contributed by atoms with Gasteiger partial charge in [-0.05, 0) is 19.4 Å². The molecule has 0 aliphatic carbocycles. The second kappa shape index (κ2) is 3.62. The molecule has 3 nitrogen and oxygen atoms in total. The van der Waals surface area contributed by atoms with E-state index in [1.165, 1.54) is 0 Å². The lowest BCUT2D eigenvalue weighted by Crippen LogP contribution is -2.55. The molecule has 2 aliphatic rings. The second-order valence-electron chi connectivity index (χ2n) is 3.91. The average Bonchev–Trinajstić information content (AvgIpc) is 2.53. The number of nitrogens with zero attached hydrogens (tertiary/aromatic N) is 1. The lowest BCUT2D eigenvalue weighted by atomic mass is 10.0. The van der Waals surface area contributed by atoms with E-state index >= 15 is 0 Å². The van der Waals surface area contributed by atoms with Gasteiger partial charge in [-0.3, -0.25) is 9.18 Å². The Kier molecular flexibility index (Phi) is 2.49. The summed E-state index contributed by atoms with van der Waals surface area (Å²) in [6, 6.07) is 0.0144. The third kappa shape index (κ3) is 1.68. The van der Waals surface area contributed by atoms with Gasteiger partial charge >= 0.3 is 0 Å². The van der Waals surface area contributed by atoms with Gasteiger partial charge < -0.3 is 10.2 Å².